The molecule has 1 saturated heterocycles. The number of halogens is 2. The number of urea groups is 1. The average molecular weight is 272 g/mol. The van der Waals surface area contributed by atoms with Crippen molar-refractivity contribution in [1.82, 2.24) is 4.90 Å². The molecule has 0 unspecified atom stereocenters. The topological polar surface area (TPSA) is 50.8 Å². The van der Waals surface area contributed by atoms with E-state index in [0.29, 0.717) is 32.0 Å². The first-order valence-electron chi connectivity index (χ1n) is 5.84. The first kappa shape index (κ1) is 13.5. The molecule has 2 amide bonds. The van der Waals surface area contributed by atoms with Crippen molar-refractivity contribution in [3.63, 3.8) is 0 Å². The van der Waals surface area contributed by atoms with Gasteiger partial charge in [-0.1, -0.05) is 6.07 Å². The van der Waals surface area contributed by atoms with Crippen LogP contribution in [0.15, 0.2) is 24.3 Å². The van der Waals surface area contributed by atoms with E-state index in [1.54, 1.807) is 11.0 Å². The number of rotatable bonds is 3. The summed E-state index contributed by atoms with van der Waals surface area (Å²) in [5.74, 6) is 0.00905. The number of amides is 2. The van der Waals surface area contributed by atoms with Crippen LogP contribution in [-0.2, 0) is 4.74 Å². The molecule has 0 spiro atoms. The van der Waals surface area contributed by atoms with Crippen molar-refractivity contribution in [3.8, 4) is 5.75 Å². The number of alkyl halides is 2. The predicted octanol–water partition coefficient (Wildman–Crippen LogP) is 2.15. The molecule has 0 bridgehead atoms. The molecule has 1 aromatic carbocycles. The maximum absolute atomic E-state index is 12.1. The Bertz CT molecular complexity index is 437. The standard InChI is InChI=1S/C12H14F2N2O3/c13-11(14)19-10-3-1-2-9(8-10)15-12(17)16-4-6-18-7-5-16/h1-3,8,11H,4-7H2,(H,15,17). The molecule has 1 fully saturated rings. The van der Waals surface area contributed by atoms with Crippen molar-refractivity contribution in [1.29, 1.82) is 0 Å². The number of carbonyl (C=O) groups excluding carboxylic acids is 1. The Morgan fingerprint density at radius 1 is 1.37 bits per heavy atom. The highest BCUT2D eigenvalue weighted by atomic mass is 19.3. The molecular weight excluding hydrogens is 258 g/mol. The SMILES string of the molecule is O=C(Nc1cccc(OC(F)F)c1)N1CCOCC1. The summed E-state index contributed by atoms with van der Waals surface area (Å²) in [5.41, 5.74) is 0.412. The maximum atomic E-state index is 12.1. The first-order chi connectivity index (χ1) is 9.15. The second kappa shape index (κ2) is 6.33. The lowest BCUT2D eigenvalue weighted by atomic mass is 10.3. The zero-order valence-corrected chi connectivity index (χ0v) is 10.1. The minimum Gasteiger partial charge on any atom is -0.435 e. The van der Waals surface area contributed by atoms with E-state index in [1.165, 1.54) is 18.2 Å². The average Bonchev–Trinajstić information content (AvgIpc) is 2.39. The van der Waals surface area contributed by atoms with Gasteiger partial charge in [0, 0.05) is 24.8 Å². The molecule has 0 aromatic heterocycles. The van der Waals surface area contributed by atoms with Gasteiger partial charge >= 0.3 is 12.6 Å². The number of nitrogens with one attached hydrogen (secondary N) is 1. The second-order valence-corrected chi connectivity index (χ2v) is 3.94. The third-order valence-corrected chi connectivity index (χ3v) is 2.61. The van der Waals surface area contributed by atoms with E-state index in [0.717, 1.165) is 0 Å². The van der Waals surface area contributed by atoms with E-state index >= 15 is 0 Å². The predicted molar refractivity (Wildman–Crippen MR) is 64.5 cm³/mol. The van der Waals surface area contributed by atoms with Crippen LogP contribution in [0.4, 0.5) is 19.3 Å². The molecule has 0 aliphatic carbocycles. The van der Waals surface area contributed by atoms with E-state index in [9.17, 15) is 13.6 Å². The Morgan fingerprint density at radius 3 is 2.79 bits per heavy atom. The molecule has 7 heteroatoms. The number of ether oxygens (including phenoxy) is 2. The molecule has 1 aromatic rings. The first-order valence-corrected chi connectivity index (χ1v) is 5.84. The van der Waals surface area contributed by atoms with E-state index in [-0.39, 0.29) is 11.8 Å². The minimum absolute atomic E-state index is 0.00905. The fraction of sp³-hybridized carbons (Fsp3) is 0.417. The quantitative estimate of drug-likeness (QED) is 0.917. The maximum Gasteiger partial charge on any atom is 0.387 e. The number of carbonyl (C=O) groups is 1. The molecule has 0 atom stereocenters. The molecule has 1 N–H and O–H groups in total. The highest BCUT2D eigenvalue weighted by Crippen LogP contribution is 2.19. The molecule has 1 aliphatic rings. The molecule has 1 heterocycles. The lowest BCUT2D eigenvalue weighted by molar-refractivity contribution is -0.0497. The van der Waals surface area contributed by atoms with Crippen molar-refractivity contribution < 1.29 is 23.0 Å². The van der Waals surface area contributed by atoms with Crippen LogP contribution in [0.3, 0.4) is 0 Å². The van der Waals surface area contributed by atoms with E-state index in [2.05, 4.69) is 10.1 Å². The molecule has 0 radical (unpaired) electrons. The summed E-state index contributed by atoms with van der Waals surface area (Å²) in [7, 11) is 0. The minimum atomic E-state index is -2.88. The Kier molecular flexibility index (Phi) is 4.51. The Morgan fingerprint density at radius 2 is 2.11 bits per heavy atom. The van der Waals surface area contributed by atoms with E-state index < -0.39 is 6.61 Å². The van der Waals surface area contributed by atoms with Crippen LogP contribution < -0.4 is 10.1 Å². The van der Waals surface area contributed by atoms with Crippen LogP contribution in [-0.4, -0.2) is 43.8 Å². The molecule has 2 rings (SSSR count). The van der Waals surface area contributed by atoms with Crippen LogP contribution in [0.2, 0.25) is 0 Å². The molecule has 19 heavy (non-hydrogen) atoms. The Balaban J connectivity index is 1.96. The van der Waals surface area contributed by atoms with Gasteiger partial charge in [0.05, 0.1) is 13.2 Å². The molecule has 0 saturated carbocycles. The van der Waals surface area contributed by atoms with Gasteiger partial charge in [-0.2, -0.15) is 8.78 Å². The van der Waals surface area contributed by atoms with Gasteiger partial charge in [0.15, 0.2) is 0 Å². The van der Waals surface area contributed by atoms with E-state index in [4.69, 9.17) is 4.74 Å². The lowest BCUT2D eigenvalue weighted by Crippen LogP contribution is -2.43. The normalized spacial score (nSPS) is 15.4. The van der Waals surface area contributed by atoms with Crippen LogP contribution in [0, 0.1) is 0 Å². The number of benzene rings is 1. The number of hydrogen-bond acceptors (Lipinski definition) is 3. The van der Waals surface area contributed by atoms with Crippen LogP contribution >= 0.6 is 0 Å². The molecule has 5 nitrogen and oxygen atoms in total. The number of hydrogen-bond donors (Lipinski definition) is 1. The monoisotopic (exact) mass is 272 g/mol. The highest BCUT2D eigenvalue weighted by Gasteiger charge is 2.16. The smallest absolute Gasteiger partial charge is 0.387 e. The molecule has 104 valence electrons. The van der Waals surface area contributed by atoms with Crippen molar-refractivity contribution >= 4 is 11.7 Å². The number of anilines is 1. The lowest BCUT2D eigenvalue weighted by Gasteiger charge is -2.26. The largest absolute Gasteiger partial charge is 0.435 e. The summed E-state index contributed by atoms with van der Waals surface area (Å²) in [6.07, 6.45) is 0. The third-order valence-electron chi connectivity index (χ3n) is 2.61. The van der Waals surface area contributed by atoms with Gasteiger partial charge < -0.3 is 19.7 Å². The third kappa shape index (κ3) is 4.06. The van der Waals surface area contributed by atoms with Gasteiger partial charge in [-0.05, 0) is 12.1 Å². The summed E-state index contributed by atoms with van der Waals surface area (Å²) in [4.78, 5) is 13.5. The summed E-state index contributed by atoms with van der Waals surface area (Å²) < 4.78 is 33.5. The van der Waals surface area contributed by atoms with Crippen LogP contribution in [0.25, 0.3) is 0 Å². The summed E-state index contributed by atoms with van der Waals surface area (Å²) in [6, 6.07) is 5.61. The van der Waals surface area contributed by atoms with Gasteiger partial charge in [-0.25, -0.2) is 4.79 Å². The Labute approximate surface area is 109 Å². The van der Waals surface area contributed by atoms with Crippen molar-refractivity contribution in [3.05, 3.63) is 24.3 Å². The fourth-order valence-corrected chi connectivity index (χ4v) is 1.72. The van der Waals surface area contributed by atoms with Crippen molar-refractivity contribution in [2.24, 2.45) is 0 Å². The van der Waals surface area contributed by atoms with E-state index in [1.807, 2.05) is 0 Å². The zero-order chi connectivity index (χ0) is 13.7. The molecule has 1 aliphatic heterocycles. The van der Waals surface area contributed by atoms with Crippen molar-refractivity contribution in [2.75, 3.05) is 31.6 Å². The number of morpholine rings is 1. The Hall–Kier alpha value is -1.89. The zero-order valence-electron chi connectivity index (χ0n) is 10.1. The fourth-order valence-electron chi connectivity index (χ4n) is 1.72. The van der Waals surface area contributed by atoms with Crippen LogP contribution in [0.1, 0.15) is 0 Å². The van der Waals surface area contributed by atoms with Gasteiger partial charge in [0.1, 0.15) is 5.75 Å². The van der Waals surface area contributed by atoms with Crippen molar-refractivity contribution in [2.45, 2.75) is 6.61 Å². The second-order valence-electron chi connectivity index (χ2n) is 3.94. The van der Waals surface area contributed by atoms with Gasteiger partial charge in [-0.3, -0.25) is 0 Å². The van der Waals surface area contributed by atoms with Gasteiger partial charge in [0.25, 0.3) is 0 Å². The highest BCUT2D eigenvalue weighted by molar-refractivity contribution is 5.89. The summed E-state index contributed by atoms with van der Waals surface area (Å²) >= 11 is 0. The summed E-state index contributed by atoms with van der Waals surface area (Å²) in [6.45, 7) is -0.854. The number of nitrogens with zero attached hydrogens (tertiary/aromatic N) is 1. The van der Waals surface area contributed by atoms with Gasteiger partial charge in [-0.15, -0.1) is 0 Å². The summed E-state index contributed by atoms with van der Waals surface area (Å²) in [5, 5.41) is 2.63. The van der Waals surface area contributed by atoms with Gasteiger partial charge in [0.2, 0.25) is 0 Å². The van der Waals surface area contributed by atoms with Crippen LogP contribution in [0.5, 0.6) is 5.75 Å². The molecular formula is C12H14F2N2O3.